The van der Waals surface area contributed by atoms with Crippen LogP contribution in [-0.2, 0) is 12.8 Å². The molecule has 3 heteroatoms. The molecule has 114 valence electrons. The zero-order valence-corrected chi connectivity index (χ0v) is 12.7. The minimum Gasteiger partial charge on any atom is -0.508 e. The fourth-order valence-corrected chi connectivity index (χ4v) is 4.29. The normalized spacial score (nSPS) is 22.4. The van der Waals surface area contributed by atoms with Gasteiger partial charge in [-0.1, -0.05) is 6.07 Å². The van der Waals surface area contributed by atoms with Crippen LogP contribution in [0.3, 0.4) is 0 Å². The number of phenolic OH excluding ortho intramolecular Hbond substituents is 2. The first-order chi connectivity index (χ1) is 10.7. The van der Waals surface area contributed by atoms with Crippen LogP contribution in [0.4, 0.5) is 0 Å². The average Bonchev–Trinajstić information content (AvgIpc) is 2.53. The Labute approximate surface area is 130 Å². The number of rotatable bonds is 1. The molecule has 0 saturated carbocycles. The number of hydrogen-bond acceptors (Lipinski definition) is 3. The van der Waals surface area contributed by atoms with Gasteiger partial charge in [-0.25, -0.2) is 0 Å². The van der Waals surface area contributed by atoms with Gasteiger partial charge in [-0.05, 0) is 84.0 Å². The van der Waals surface area contributed by atoms with Gasteiger partial charge in [-0.3, -0.25) is 0 Å². The van der Waals surface area contributed by atoms with Crippen LogP contribution in [-0.4, -0.2) is 17.3 Å². The van der Waals surface area contributed by atoms with Crippen LogP contribution in [0.1, 0.15) is 46.9 Å². The van der Waals surface area contributed by atoms with Gasteiger partial charge < -0.3 is 14.9 Å². The minimum atomic E-state index is 0.237. The first-order valence-corrected chi connectivity index (χ1v) is 7.89. The Morgan fingerprint density at radius 1 is 0.909 bits per heavy atom. The highest BCUT2D eigenvalue weighted by molar-refractivity contribution is 5.52. The van der Waals surface area contributed by atoms with Crippen molar-refractivity contribution in [3.63, 3.8) is 0 Å². The van der Waals surface area contributed by atoms with E-state index in [9.17, 15) is 10.2 Å². The van der Waals surface area contributed by atoms with Crippen LogP contribution < -0.4 is 4.74 Å². The predicted molar refractivity (Wildman–Crippen MR) is 84.9 cm³/mol. The molecule has 4 rings (SSSR count). The zero-order valence-electron chi connectivity index (χ0n) is 12.7. The molecule has 0 bridgehead atoms. The highest BCUT2D eigenvalue weighted by Gasteiger charge is 2.35. The topological polar surface area (TPSA) is 49.7 Å². The largest absolute Gasteiger partial charge is 0.508 e. The van der Waals surface area contributed by atoms with Crippen molar-refractivity contribution in [3.05, 3.63) is 52.6 Å². The van der Waals surface area contributed by atoms with Gasteiger partial charge in [0, 0.05) is 0 Å². The maximum Gasteiger partial charge on any atom is 0.160 e. The Hall–Kier alpha value is -2.16. The second-order valence-corrected chi connectivity index (χ2v) is 6.40. The van der Waals surface area contributed by atoms with Crippen LogP contribution >= 0.6 is 0 Å². The molecule has 0 saturated heterocycles. The maximum absolute atomic E-state index is 10.00. The fraction of sp³-hybridized carbons (Fsp3) is 0.368. The number of benzene rings is 2. The van der Waals surface area contributed by atoms with Gasteiger partial charge in [0.2, 0.25) is 0 Å². The summed E-state index contributed by atoms with van der Waals surface area (Å²) in [5, 5.41) is 19.7. The summed E-state index contributed by atoms with van der Waals surface area (Å²) in [5.74, 6) is 2.15. The number of fused-ring (bicyclic) bond motifs is 5. The lowest BCUT2D eigenvalue weighted by atomic mass is 9.66. The number of aromatic hydroxyl groups is 2. The molecule has 0 radical (unpaired) electrons. The van der Waals surface area contributed by atoms with Crippen LogP contribution in [0.2, 0.25) is 0 Å². The average molecular weight is 296 g/mol. The Kier molecular flexibility index (Phi) is 3.03. The van der Waals surface area contributed by atoms with Gasteiger partial charge in [0.1, 0.15) is 5.75 Å². The van der Waals surface area contributed by atoms with Crippen molar-refractivity contribution in [1.29, 1.82) is 0 Å². The van der Waals surface area contributed by atoms with Gasteiger partial charge >= 0.3 is 0 Å². The number of hydrogen-bond donors (Lipinski definition) is 2. The summed E-state index contributed by atoms with van der Waals surface area (Å²) in [6.07, 6.45) is 4.16. The summed E-state index contributed by atoms with van der Waals surface area (Å²) in [6, 6.07) is 9.69. The third-order valence-corrected chi connectivity index (χ3v) is 5.30. The van der Waals surface area contributed by atoms with E-state index in [4.69, 9.17) is 4.74 Å². The first-order valence-electron chi connectivity index (χ1n) is 7.89. The van der Waals surface area contributed by atoms with Crippen molar-refractivity contribution in [1.82, 2.24) is 0 Å². The quantitative estimate of drug-likeness (QED) is 0.840. The van der Waals surface area contributed by atoms with E-state index in [2.05, 4.69) is 6.07 Å². The second-order valence-electron chi connectivity index (χ2n) is 6.40. The third-order valence-electron chi connectivity index (χ3n) is 5.30. The number of ether oxygens (including phenoxy) is 1. The smallest absolute Gasteiger partial charge is 0.160 e. The standard InChI is InChI=1S/C19H20O3/c1-22-19-10-17-12(9-18(19)21)3-5-15-14-7-4-13(20)8-11(14)2-6-16(15)17/h4,7-10,15-16,20-21H,2-3,5-6H2,1H3. The van der Waals surface area contributed by atoms with E-state index in [1.54, 1.807) is 13.2 Å². The summed E-state index contributed by atoms with van der Waals surface area (Å²) in [5.41, 5.74) is 5.24. The summed E-state index contributed by atoms with van der Waals surface area (Å²) in [6.45, 7) is 0. The molecule has 0 spiro atoms. The molecule has 2 unspecified atom stereocenters. The number of aryl methyl sites for hydroxylation is 2. The molecule has 2 aliphatic carbocycles. The molecule has 22 heavy (non-hydrogen) atoms. The van der Waals surface area contributed by atoms with E-state index in [1.807, 2.05) is 18.2 Å². The molecule has 3 nitrogen and oxygen atoms in total. The zero-order chi connectivity index (χ0) is 15.3. The molecular weight excluding hydrogens is 276 g/mol. The SMILES string of the molecule is COc1cc2c(cc1O)CCC1c3ccc(O)cc3CCC21. The van der Waals surface area contributed by atoms with Gasteiger partial charge in [0.15, 0.2) is 11.5 Å². The third kappa shape index (κ3) is 1.96. The highest BCUT2D eigenvalue weighted by Crippen LogP contribution is 2.51. The molecule has 0 aromatic heterocycles. The van der Waals surface area contributed by atoms with Crippen molar-refractivity contribution < 1.29 is 14.9 Å². The maximum atomic E-state index is 10.00. The molecule has 2 aromatic carbocycles. The molecule has 0 heterocycles. The van der Waals surface area contributed by atoms with Crippen LogP contribution in [0, 0.1) is 0 Å². The molecule has 2 N–H and O–H groups in total. The Bertz CT molecular complexity index is 736. The van der Waals surface area contributed by atoms with Gasteiger partial charge in [-0.15, -0.1) is 0 Å². The number of phenols is 2. The minimum absolute atomic E-state index is 0.237. The van der Waals surface area contributed by atoms with Crippen molar-refractivity contribution >= 4 is 0 Å². The molecule has 2 atom stereocenters. The van der Waals surface area contributed by atoms with Crippen LogP contribution in [0.25, 0.3) is 0 Å². The molecule has 0 amide bonds. The van der Waals surface area contributed by atoms with Gasteiger partial charge in [-0.2, -0.15) is 0 Å². The van der Waals surface area contributed by atoms with Crippen LogP contribution in [0.15, 0.2) is 30.3 Å². The number of methoxy groups -OCH3 is 1. The lowest BCUT2D eigenvalue weighted by Gasteiger charge is -2.39. The van der Waals surface area contributed by atoms with E-state index >= 15 is 0 Å². The lowest BCUT2D eigenvalue weighted by Crippen LogP contribution is -2.24. The molecule has 2 aromatic rings. The van der Waals surface area contributed by atoms with Crippen molar-refractivity contribution in [2.24, 2.45) is 0 Å². The van der Waals surface area contributed by atoms with Crippen LogP contribution in [0.5, 0.6) is 17.2 Å². The molecule has 2 aliphatic rings. The van der Waals surface area contributed by atoms with E-state index in [-0.39, 0.29) is 5.75 Å². The van der Waals surface area contributed by atoms with Crippen molar-refractivity contribution in [3.8, 4) is 17.2 Å². The van der Waals surface area contributed by atoms with Crippen molar-refractivity contribution in [2.75, 3.05) is 7.11 Å². The van der Waals surface area contributed by atoms with E-state index in [0.29, 0.717) is 23.3 Å². The first kappa shape index (κ1) is 13.5. The summed E-state index contributed by atoms with van der Waals surface area (Å²) in [7, 11) is 1.60. The monoisotopic (exact) mass is 296 g/mol. The van der Waals surface area contributed by atoms with Crippen molar-refractivity contribution in [2.45, 2.75) is 37.5 Å². The molecule has 0 aliphatic heterocycles. The van der Waals surface area contributed by atoms with E-state index in [1.165, 1.54) is 22.3 Å². The van der Waals surface area contributed by atoms with E-state index < -0.39 is 0 Å². The van der Waals surface area contributed by atoms with E-state index in [0.717, 1.165) is 25.7 Å². The lowest BCUT2D eigenvalue weighted by molar-refractivity contribution is 0.366. The molecule has 0 fully saturated rings. The molecular formula is C19H20O3. The highest BCUT2D eigenvalue weighted by atomic mass is 16.5. The summed E-state index contributed by atoms with van der Waals surface area (Å²) >= 11 is 0. The Morgan fingerprint density at radius 3 is 2.32 bits per heavy atom. The Morgan fingerprint density at radius 2 is 1.59 bits per heavy atom. The Balaban J connectivity index is 1.79. The fourth-order valence-electron chi connectivity index (χ4n) is 4.29. The second kappa shape index (κ2) is 4.94. The summed E-state index contributed by atoms with van der Waals surface area (Å²) in [4.78, 5) is 0. The van der Waals surface area contributed by atoms with Gasteiger partial charge in [0.05, 0.1) is 7.11 Å². The van der Waals surface area contributed by atoms with Gasteiger partial charge in [0.25, 0.3) is 0 Å². The predicted octanol–water partition coefficient (Wildman–Crippen LogP) is 3.87. The summed E-state index contributed by atoms with van der Waals surface area (Å²) < 4.78 is 5.29.